The van der Waals surface area contributed by atoms with Crippen LogP contribution in [0.25, 0.3) is 27.8 Å². The molecule has 6 heteroatoms. The molecular formula is C21H17N3O3. The van der Waals surface area contributed by atoms with Crippen molar-refractivity contribution in [1.82, 2.24) is 14.5 Å². The number of esters is 1. The Balaban J connectivity index is 1.94. The first-order valence-corrected chi connectivity index (χ1v) is 8.60. The minimum Gasteiger partial charge on any atom is -0.462 e. The monoisotopic (exact) mass is 359 g/mol. The average Bonchev–Trinajstić information content (AvgIpc) is 3.10. The molecule has 0 aliphatic carbocycles. The fourth-order valence-corrected chi connectivity index (χ4v) is 3.10. The molecule has 0 fully saturated rings. The number of ether oxygens (including phenoxy) is 1. The summed E-state index contributed by atoms with van der Waals surface area (Å²) in [5.41, 5.74) is 3.68. The number of aromatic nitrogens is 3. The standard InChI is InChI=1S/C21H17N3O3/c1-2-27-21(26)15-8-6-7-14(11-15)17-12-24(16-9-4-3-5-10-16)19-18(17)22-13-23-20(19)25/h3-13H,2H2,1H3,(H,22,23,25). The summed E-state index contributed by atoms with van der Waals surface area (Å²) in [5, 5.41) is 0. The average molecular weight is 359 g/mol. The Morgan fingerprint density at radius 3 is 2.74 bits per heavy atom. The zero-order valence-electron chi connectivity index (χ0n) is 14.7. The molecule has 2 aromatic carbocycles. The van der Waals surface area contributed by atoms with Crippen molar-refractivity contribution in [3.05, 3.63) is 83.0 Å². The Bertz CT molecular complexity index is 1180. The van der Waals surface area contributed by atoms with Gasteiger partial charge in [-0.2, -0.15) is 0 Å². The molecule has 0 spiro atoms. The maximum absolute atomic E-state index is 12.5. The van der Waals surface area contributed by atoms with Gasteiger partial charge in [0.2, 0.25) is 0 Å². The first kappa shape index (κ1) is 16.8. The molecule has 0 unspecified atom stereocenters. The highest BCUT2D eigenvalue weighted by Crippen LogP contribution is 2.30. The summed E-state index contributed by atoms with van der Waals surface area (Å²) < 4.78 is 6.90. The topological polar surface area (TPSA) is 77.0 Å². The number of nitrogens with zero attached hydrogens (tertiary/aromatic N) is 2. The van der Waals surface area contributed by atoms with Crippen molar-refractivity contribution >= 4 is 17.0 Å². The quantitative estimate of drug-likeness (QED) is 0.565. The lowest BCUT2D eigenvalue weighted by atomic mass is 10.0. The third-order valence-electron chi connectivity index (χ3n) is 4.30. The van der Waals surface area contributed by atoms with E-state index in [1.807, 2.05) is 47.2 Å². The number of carbonyl (C=O) groups excluding carboxylic acids is 1. The van der Waals surface area contributed by atoms with E-state index < -0.39 is 0 Å². The van der Waals surface area contributed by atoms with Gasteiger partial charge in [0, 0.05) is 17.4 Å². The van der Waals surface area contributed by atoms with E-state index in [4.69, 9.17) is 4.74 Å². The van der Waals surface area contributed by atoms with E-state index in [0.717, 1.165) is 16.8 Å². The highest BCUT2D eigenvalue weighted by atomic mass is 16.5. The number of H-pyrrole nitrogens is 1. The number of hydrogen-bond acceptors (Lipinski definition) is 4. The van der Waals surface area contributed by atoms with Crippen LogP contribution in [0.5, 0.6) is 0 Å². The fourth-order valence-electron chi connectivity index (χ4n) is 3.10. The third kappa shape index (κ3) is 3.01. The molecule has 2 aromatic heterocycles. The first-order valence-electron chi connectivity index (χ1n) is 8.60. The lowest BCUT2D eigenvalue weighted by molar-refractivity contribution is 0.0526. The molecule has 0 aliphatic heterocycles. The molecule has 2 heterocycles. The Morgan fingerprint density at radius 2 is 1.96 bits per heavy atom. The van der Waals surface area contributed by atoms with Crippen molar-refractivity contribution in [2.45, 2.75) is 6.92 Å². The predicted octanol–water partition coefficient (Wildman–Crippen LogP) is 3.56. The van der Waals surface area contributed by atoms with Gasteiger partial charge in [-0.25, -0.2) is 9.78 Å². The summed E-state index contributed by atoms with van der Waals surface area (Å²) in [7, 11) is 0. The van der Waals surface area contributed by atoms with Gasteiger partial charge in [-0.1, -0.05) is 30.3 Å². The zero-order chi connectivity index (χ0) is 18.8. The summed E-state index contributed by atoms with van der Waals surface area (Å²) >= 11 is 0. The van der Waals surface area contributed by atoms with Crippen LogP contribution in [0.1, 0.15) is 17.3 Å². The summed E-state index contributed by atoms with van der Waals surface area (Å²) in [6, 6.07) is 16.7. The van der Waals surface area contributed by atoms with Gasteiger partial charge in [0.1, 0.15) is 11.0 Å². The molecule has 0 saturated carbocycles. The van der Waals surface area contributed by atoms with Crippen LogP contribution in [0.4, 0.5) is 0 Å². The van der Waals surface area contributed by atoms with Gasteiger partial charge in [-0.15, -0.1) is 0 Å². The molecule has 6 nitrogen and oxygen atoms in total. The Kier molecular flexibility index (Phi) is 4.30. The number of para-hydroxylation sites is 1. The molecule has 0 saturated heterocycles. The Labute approximate surface area is 155 Å². The Hall–Kier alpha value is -3.67. The number of aromatic amines is 1. The Morgan fingerprint density at radius 1 is 1.15 bits per heavy atom. The van der Waals surface area contributed by atoms with Crippen molar-refractivity contribution in [1.29, 1.82) is 0 Å². The molecule has 4 rings (SSSR count). The van der Waals surface area contributed by atoms with Crippen molar-refractivity contribution in [3.8, 4) is 16.8 Å². The van der Waals surface area contributed by atoms with E-state index in [9.17, 15) is 9.59 Å². The summed E-state index contributed by atoms with van der Waals surface area (Å²) in [4.78, 5) is 31.6. The second kappa shape index (κ2) is 6.92. The van der Waals surface area contributed by atoms with Crippen LogP contribution in [0, 0.1) is 0 Å². The fraction of sp³-hybridized carbons (Fsp3) is 0.0952. The lowest BCUT2D eigenvalue weighted by Crippen LogP contribution is -2.09. The number of nitrogens with one attached hydrogen (secondary N) is 1. The molecule has 0 bridgehead atoms. The van der Waals surface area contributed by atoms with E-state index >= 15 is 0 Å². The van der Waals surface area contributed by atoms with Gasteiger partial charge < -0.3 is 14.3 Å². The van der Waals surface area contributed by atoms with E-state index in [-0.39, 0.29) is 11.5 Å². The maximum atomic E-state index is 12.5. The van der Waals surface area contributed by atoms with Crippen LogP contribution in [0.3, 0.4) is 0 Å². The van der Waals surface area contributed by atoms with Gasteiger partial charge in [0.15, 0.2) is 0 Å². The molecular weight excluding hydrogens is 342 g/mol. The number of benzene rings is 2. The van der Waals surface area contributed by atoms with Crippen molar-refractivity contribution in [3.63, 3.8) is 0 Å². The maximum Gasteiger partial charge on any atom is 0.338 e. The predicted molar refractivity (Wildman–Crippen MR) is 103 cm³/mol. The van der Waals surface area contributed by atoms with Crippen LogP contribution in [-0.2, 0) is 4.74 Å². The minimum absolute atomic E-state index is 0.225. The van der Waals surface area contributed by atoms with Gasteiger partial charge >= 0.3 is 5.97 Å². The normalized spacial score (nSPS) is 10.9. The zero-order valence-corrected chi connectivity index (χ0v) is 14.7. The van der Waals surface area contributed by atoms with Gasteiger partial charge in [-0.3, -0.25) is 4.79 Å². The summed E-state index contributed by atoms with van der Waals surface area (Å²) in [6.45, 7) is 2.08. The second-order valence-electron chi connectivity index (χ2n) is 5.98. The van der Waals surface area contributed by atoms with Crippen LogP contribution in [-0.4, -0.2) is 27.1 Å². The lowest BCUT2D eigenvalue weighted by Gasteiger charge is -2.04. The third-order valence-corrected chi connectivity index (χ3v) is 4.30. The van der Waals surface area contributed by atoms with E-state index in [2.05, 4.69) is 9.97 Å². The number of hydrogen-bond donors (Lipinski definition) is 1. The highest BCUT2D eigenvalue weighted by Gasteiger charge is 2.17. The molecule has 0 amide bonds. The van der Waals surface area contributed by atoms with Crippen molar-refractivity contribution in [2.24, 2.45) is 0 Å². The summed E-state index contributed by atoms with van der Waals surface area (Å²) in [6.07, 6.45) is 3.26. The van der Waals surface area contributed by atoms with Crippen LogP contribution in [0.15, 0.2) is 71.9 Å². The van der Waals surface area contributed by atoms with Crippen LogP contribution in [0.2, 0.25) is 0 Å². The van der Waals surface area contributed by atoms with Crippen LogP contribution >= 0.6 is 0 Å². The molecule has 4 aromatic rings. The second-order valence-corrected chi connectivity index (χ2v) is 5.98. The molecule has 0 atom stereocenters. The van der Waals surface area contributed by atoms with Crippen LogP contribution < -0.4 is 5.56 Å². The highest BCUT2D eigenvalue weighted by molar-refractivity contribution is 5.96. The van der Waals surface area contributed by atoms with Gasteiger partial charge in [0.25, 0.3) is 5.56 Å². The van der Waals surface area contributed by atoms with Crippen molar-refractivity contribution in [2.75, 3.05) is 6.61 Å². The smallest absolute Gasteiger partial charge is 0.338 e. The molecule has 134 valence electrons. The largest absolute Gasteiger partial charge is 0.462 e. The summed E-state index contributed by atoms with van der Waals surface area (Å²) in [5.74, 6) is -0.378. The molecule has 0 radical (unpaired) electrons. The number of rotatable bonds is 4. The van der Waals surface area contributed by atoms with E-state index in [1.165, 1.54) is 6.33 Å². The molecule has 27 heavy (non-hydrogen) atoms. The SMILES string of the molecule is CCOC(=O)c1cccc(-c2cn(-c3ccccc3)c3c(=O)[nH]cnc23)c1. The number of fused-ring (bicyclic) bond motifs is 1. The molecule has 1 N–H and O–H groups in total. The first-order chi connectivity index (χ1) is 13.2. The molecule has 0 aliphatic rings. The van der Waals surface area contributed by atoms with E-state index in [1.54, 1.807) is 25.1 Å². The van der Waals surface area contributed by atoms with E-state index in [0.29, 0.717) is 23.2 Å². The van der Waals surface area contributed by atoms with Crippen molar-refractivity contribution < 1.29 is 9.53 Å². The number of carbonyl (C=O) groups is 1. The minimum atomic E-state index is -0.378. The van der Waals surface area contributed by atoms with Gasteiger partial charge in [0.05, 0.1) is 18.5 Å². The van der Waals surface area contributed by atoms with Gasteiger partial charge in [-0.05, 0) is 36.8 Å².